The third-order valence-electron chi connectivity index (χ3n) is 3.26. The molecule has 2 rings (SSSR count). The summed E-state index contributed by atoms with van der Waals surface area (Å²) < 4.78 is 49.8. The Labute approximate surface area is 176 Å². The molecule has 0 saturated heterocycles. The summed E-state index contributed by atoms with van der Waals surface area (Å²) in [5.74, 6) is 0. The molecule has 2 aromatic heterocycles. The van der Waals surface area contributed by atoms with Crippen molar-refractivity contribution >= 4 is 62.0 Å². The molecule has 0 fully saturated rings. The van der Waals surface area contributed by atoms with Crippen LogP contribution in [0.15, 0.2) is 19.4 Å². The molecule has 0 saturated carbocycles. The van der Waals surface area contributed by atoms with E-state index in [0.717, 1.165) is 17.0 Å². The van der Waals surface area contributed by atoms with Gasteiger partial charge in [0.05, 0.1) is 11.4 Å². The van der Waals surface area contributed by atoms with Crippen LogP contribution >= 0.6 is 44.3 Å². The minimum absolute atomic E-state index is 0.0677. The first-order valence-electron chi connectivity index (χ1n) is 7.84. The molecule has 0 atom stereocenters. The van der Waals surface area contributed by atoms with Gasteiger partial charge in [-0.1, -0.05) is 41.5 Å². The zero-order chi connectivity index (χ0) is 20.7. The van der Waals surface area contributed by atoms with Gasteiger partial charge in [-0.05, 0) is 10.8 Å². The number of aromatic nitrogens is 2. The van der Waals surface area contributed by atoms with Crippen molar-refractivity contribution in [3.63, 3.8) is 0 Å². The first-order chi connectivity index (χ1) is 12.1. The van der Waals surface area contributed by atoms with Gasteiger partial charge in [-0.3, -0.25) is 0 Å². The zero-order valence-corrected chi connectivity index (χ0v) is 20.7. The second-order valence-electron chi connectivity index (χ2n) is 7.83. The van der Waals surface area contributed by atoms with Gasteiger partial charge in [0.2, 0.25) is 13.2 Å². The summed E-state index contributed by atoms with van der Waals surface area (Å²) in [6.45, 7) is 11.8. The number of thiazole rings is 2. The fourth-order valence-electron chi connectivity index (χ4n) is 1.66. The van der Waals surface area contributed by atoms with Crippen LogP contribution in [0, 0.1) is 0 Å². The smallest absolute Gasteiger partial charge is 0.233 e. The van der Waals surface area contributed by atoms with E-state index in [1.807, 2.05) is 46.9 Å². The first-order valence-corrected chi connectivity index (χ1v) is 15.6. The summed E-state index contributed by atoms with van der Waals surface area (Å²) in [6.07, 6.45) is 0. The second kappa shape index (κ2) is 7.94. The minimum Gasteiger partial charge on any atom is -0.233 e. The van der Waals surface area contributed by atoms with Crippen LogP contribution in [0.2, 0.25) is 0 Å². The molecule has 152 valence electrons. The van der Waals surface area contributed by atoms with E-state index < -0.39 is 22.8 Å². The molecule has 0 aliphatic carbocycles. The van der Waals surface area contributed by atoms with Crippen molar-refractivity contribution in [2.75, 3.05) is 5.08 Å². The Morgan fingerprint density at radius 3 is 1.89 bits per heavy atom. The molecule has 0 bridgehead atoms. The average molecular weight is 487 g/mol. The lowest BCUT2D eigenvalue weighted by atomic mass is 9.93. The van der Waals surface area contributed by atoms with E-state index in [-0.39, 0.29) is 15.2 Å². The van der Waals surface area contributed by atoms with Crippen LogP contribution in [-0.2, 0) is 28.6 Å². The molecule has 6 nitrogen and oxygen atoms in total. The summed E-state index contributed by atoms with van der Waals surface area (Å²) in [5, 5.41) is 2.96. The number of hydrogen-bond acceptors (Lipinski definition) is 10. The normalized spacial score (nSPS) is 13.9. The van der Waals surface area contributed by atoms with Gasteiger partial charge < -0.3 is 0 Å². The van der Waals surface area contributed by atoms with Crippen LogP contribution in [0.1, 0.15) is 52.9 Å². The molecular formula is C15H22N2O4S6. The lowest BCUT2D eigenvalue weighted by Gasteiger charge is -2.14. The van der Waals surface area contributed by atoms with E-state index >= 15 is 0 Å². The second-order valence-corrected chi connectivity index (χ2v) is 18.3. The summed E-state index contributed by atoms with van der Waals surface area (Å²) in [6, 6.07) is 0. The van der Waals surface area contributed by atoms with Gasteiger partial charge in [0, 0.05) is 32.4 Å². The van der Waals surface area contributed by atoms with Gasteiger partial charge >= 0.3 is 0 Å². The highest BCUT2D eigenvalue weighted by Crippen LogP contribution is 2.36. The number of rotatable bonds is 6. The molecule has 0 aliphatic rings. The molecule has 27 heavy (non-hydrogen) atoms. The number of hydrogen-bond donors (Lipinski definition) is 0. The van der Waals surface area contributed by atoms with Crippen LogP contribution in [0.5, 0.6) is 0 Å². The molecule has 0 aromatic carbocycles. The Morgan fingerprint density at radius 2 is 1.41 bits per heavy atom. The highest BCUT2D eigenvalue weighted by atomic mass is 33.2. The Morgan fingerprint density at radius 1 is 0.889 bits per heavy atom. The maximum atomic E-state index is 12.4. The topological polar surface area (TPSA) is 94.1 Å². The van der Waals surface area contributed by atoms with Crippen molar-refractivity contribution in [1.29, 1.82) is 0 Å². The summed E-state index contributed by atoms with van der Waals surface area (Å²) >= 11 is 2.25. The van der Waals surface area contributed by atoms with Gasteiger partial charge in [0.1, 0.15) is 5.08 Å². The first kappa shape index (κ1) is 23.1. The summed E-state index contributed by atoms with van der Waals surface area (Å²) in [5.41, 5.74) is 1.03. The van der Waals surface area contributed by atoms with Crippen molar-refractivity contribution in [1.82, 2.24) is 9.97 Å². The third-order valence-corrected chi connectivity index (χ3v) is 13.9. The van der Waals surface area contributed by atoms with Crippen molar-refractivity contribution < 1.29 is 16.8 Å². The standard InChI is InChI=1S/C15H22N2O4S6/c1-14(2,3)10-7-22-12(16-10)25-26(18,19)9-24-27(20,21)13-17-11(8-23-13)15(4,5)6/h7-8H,9H2,1-6H3. The highest BCUT2D eigenvalue weighted by Gasteiger charge is 2.28. The molecular weight excluding hydrogens is 465 g/mol. The van der Waals surface area contributed by atoms with E-state index in [0.29, 0.717) is 31.6 Å². The predicted molar refractivity (Wildman–Crippen MR) is 116 cm³/mol. The van der Waals surface area contributed by atoms with E-state index in [2.05, 4.69) is 9.97 Å². The summed E-state index contributed by atoms with van der Waals surface area (Å²) in [7, 11) is -6.54. The number of nitrogens with zero attached hydrogens (tertiary/aromatic N) is 2. The molecule has 2 heterocycles. The quantitative estimate of drug-likeness (QED) is 0.543. The molecule has 0 radical (unpaired) electrons. The van der Waals surface area contributed by atoms with Gasteiger partial charge in [-0.25, -0.2) is 26.8 Å². The monoisotopic (exact) mass is 486 g/mol. The van der Waals surface area contributed by atoms with Gasteiger partial charge in [-0.15, -0.1) is 22.7 Å². The molecule has 0 aliphatic heterocycles. The van der Waals surface area contributed by atoms with E-state index in [1.165, 1.54) is 11.3 Å². The van der Waals surface area contributed by atoms with Crippen LogP contribution in [0.25, 0.3) is 0 Å². The SMILES string of the molecule is CC(C)(C)c1csc(SS(=O)(=O)CSS(=O)(=O)c2nc(C(C)(C)C)cs2)n1. The van der Waals surface area contributed by atoms with Gasteiger partial charge in [0.25, 0.3) is 8.87 Å². The molecule has 0 unspecified atom stereocenters. The summed E-state index contributed by atoms with van der Waals surface area (Å²) in [4.78, 5) is 8.50. The minimum atomic E-state index is -3.83. The van der Waals surface area contributed by atoms with Crippen LogP contribution < -0.4 is 0 Å². The van der Waals surface area contributed by atoms with Gasteiger partial charge in [-0.2, -0.15) is 0 Å². The lowest BCUT2D eigenvalue weighted by molar-refractivity contribution is 0.566. The van der Waals surface area contributed by atoms with E-state index in [9.17, 15) is 16.8 Å². The van der Waals surface area contributed by atoms with Crippen molar-refractivity contribution in [2.45, 2.75) is 61.1 Å². The van der Waals surface area contributed by atoms with Crippen molar-refractivity contribution in [2.24, 2.45) is 0 Å². The maximum Gasteiger partial charge on any atom is 0.258 e. The van der Waals surface area contributed by atoms with Crippen molar-refractivity contribution in [3.8, 4) is 0 Å². The fraction of sp³-hybridized carbons (Fsp3) is 0.600. The van der Waals surface area contributed by atoms with E-state index in [4.69, 9.17) is 0 Å². The molecule has 0 N–H and O–H groups in total. The maximum absolute atomic E-state index is 12.4. The van der Waals surface area contributed by atoms with Gasteiger partial charge in [0.15, 0.2) is 4.34 Å². The van der Waals surface area contributed by atoms with Crippen LogP contribution in [0.3, 0.4) is 0 Å². The third kappa shape index (κ3) is 6.43. The largest absolute Gasteiger partial charge is 0.258 e. The molecule has 2 aromatic rings. The van der Waals surface area contributed by atoms with Crippen molar-refractivity contribution in [3.05, 3.63) is 22.1 Å². The molecule has 0 spiro atoms. The Bertz CT molecular complexity index is 1010. The zero-order valence-electron chi connectivity index (χ0n) is 15.8. The highest BCUT2D eigenvalue weighted by molar-refractivity contribution is 8.80. The predicted octanol–water partition coefficient (Wildman–Crippen LogP) is 4.70. The Kier molecular flexibility index (Phi) is 6.81. The molecule has 0 amide bonds. The Hall–Kier alpha value is -0.140. The fourth-order valence-corrected chi connectivity index (χ4v) is 12.9. The Balaban J connectivity index is 2.07. The van der Waals surface area contributed by atoms with Crippen LogP contribution in [-0.4, -0.2) is 31.9 Å². The average Bonchev–Trinajstić information content (AvgIpc) is 3.12. The molecule has 12 heteroatoms. The lowest BCUT2D eigenvalue weighted by Crippen LogP contribution is -2.12. The van der Waals surface area contributed by atoms with Crippen LogP contribution in [0.4, 0.5) is 0 Å². The van der Waals surface area contributed by atoms with E-state index in [1.54, 1.807) is 5.38 Å².